The standard InChI is InChI=1S/C15H15F2NO2/c1-19-13-7-6-11(8-12(13)16)18-9-10-4-3-5-14(20-2)15(10)17/h3-8,18H,9H2,1-2H3. The normalized spacial score (nSPS) is 10.2. The summed E-state index contributed by atoms with van der Waals surface area (Å²) >= 11 is 0. The minimum atomic E-state index is -0.469. The van der Waals surface area contributed by atoms with E-state index in [2.05, 4.69) is 5.32 Å². The smallest absolute Gasteiger partial charge is 0.170 e. The van der Waals surface area contributed by atoms with Crippen LogP contribution < -0.4 is 14.8 Å². The van der Waals surface area contributed by atoms with E-state index in [1.165, 1.54) is 26.4 Å². The van der Waals surface area contributed by atoms with Gasteiger partial charge in [0.1, 0.15) is 0 Å². The monoisotopic (exact) mass is 279 g/mol. The molecule has 0 aliphatic rings. The molecule has 0 amide bonds. The molecule has 0 aliphatic heterocycles. The SMILES string of the molecule is COc1ccc(NCc2cccc(OC)c2F)cc1F. The number of methoxy groups -OCH3 is 2. The average Bonchev–Trinajstić information content (AvgIpc) is 2.46. The van der Waals surface area contributed by atoms with E-state index < -0.39 is 11.6 Å². The Balaban J connectivity index is 2.11. The molecule has 0 saturated heterocycles. The Hall–Kier alpha value is -2.30. The van der Waals surface area contributed by atoms with Crippen LogP contribution in [0.25, 0.3) is 0 Å². The van der Waals surface area contributed by atoms with Crippen LogP contribution in [0.4, 0.5) is 14.5 Å². The summed E-state index contributed by atoms with van der Waals surface area (Å²) < 4.78 is 37.2. The summed E-state index contributed by atoms with van der Waals surface area (Å²) in [5.41, 5.74) is 0.992. The lowest BCUT2D eigenvalue weighted by Crippen LogP contribution is -2.03. The quantitative estimate of drug-likeness (QED) is 0.907. The Morgan fingerprint density at radius 2 is 1.75 bits per heavy atom. The third kappa shape index (κ3) is 2.99. The van der Waals surface area contributed by atoms with Crippen LogP contribution in [-0.4, -0.2) is 14.2 Å². The van der Waals surface area contributed by atoms with Gasteiger partial charge in [-0.1, -0.05) is 12.1 Å². The second kappa shape index (κ2) is 6.23. The van der Waals surface area contributed by atoms with Crippen molar-refractivity contribution in [1.29, 1.82) is 0 Å². The van der Waals surface area contributed by atoms with Crippen LogP contribution in [-0.2, 0) is 6.54 Å². The van der Waals surface area contributed by atoms with Crippen LogP contribution >= 0.6 is 0 Å². The van der Waals surface area contributed by atoms with Crippen LogP contribution in [0.2, 0.25) is 0 Å². The first kappa shape index (κ1) is 14.1. The molecule has 0 aliphatic carbocycles. The molecular formula is C15H15F2NO2. The van der Waals surface area contributed by atoms with Gasteiger partial charge in [-0.3, -0.25) is 0 Å². The summed E-state index contributed by atoms with van der Waals surface area (Å²) in [6, 6.07) is 9.38. The molecule has 0 aromatic heterocycles. The number of benzene rings is 2. The molecule has 0 fully saturated rings. The molecule has 0 atom stereocenters. The van der Waals surface area contributed by atoms with Crippen LogP contribution in [0.3, 0.4) is 0 Å². The molecule has 2 rings (SSSR count). The maximum absolute atomic E-state index is 13.9. The van der Waals surface area contributed by atoms with Crippen molar-refractivity contribution in [2.24, 2.45) is 0 Å². The summed E-state index contributed by atoms with van der Waals surface area (Å²) in [5, 5.41) is 2.95. The van der Waals surface area contributed by atoms with E-state index >= 15 is 0 Å². The van der Waals surface area contributed by atoms with Gasteiger partial charge in [0.25, 0.3) is 0 Å². The van der Waals surface area contributed by atoms with E-state index in [4.69, 9.17) is 9.47 Å². The highest BCUT2D eigenvalue weighted by molar-refractivity contribution is 5.48. The molecule has 3 nitrogen and oxygen atoms in total. The Labute approximate surface area is 116 Å². The van der Waals surface area contributed by atoms with Crippen molar-refractivity contribution < 1.29 is 18.3 Å². The molecule has 1 N–H and O–H groups in total. The van der Waals surface area contributed by atoms with Gasteiger partial charge in [0.05, 0.1) is 14.2 Å². The molecule has 2 aromatic rings. The molecule has 5 heteroatoms. The first-order valence-electron chi connectivity index (χ1n) is 6.04. The Bertz CT molecular complexity index is 602. The third-order valence-electron chi connectivity index (χ3n) is 2.90. The Morgan fingerprint density at radius 3 is 2.40 bits per heavy atom. The second-order valence-corrected chi connectivity index (χ2v) is 4.14. The van der Waals surface area contributed by atoms with Crippen LogP contribution in [0.1, 0.15) is 5.56 Å². The summed E-state index contributed by atoms with van der Waals surface area (Å²) in [7, 11) is 2.81. The van der Waals surface area contributed by atoms with Gasteiger partial charge in [0, 0.05) is 23.9 Å². The maximum Gasteiger partial charge on any atom is 0.170 e. The van der Waals surface area contributed by atoms with E-state index in [0.717, 1.165) is 0 Å². The van der Waals surface area contributed by atoms with Crippen molar-refractivity contribution in [1.82, 2.24) is 0 Å². The summed E-state index contributed by atoms with van der Waals surface area (Å²) in [6.45, 7) is 0.231. The maximum atomic E-state index is 13.9. The third-order valence-corrected chi connectivity index (χ3v) is 2.90. The van der Waals surface area contributed by atoms with Gasteiger partial charge in [-0.15, -0.1) is 0 Å². The number of ether oxygens (including phenoxy) is 2. The molecule has 0 saturated carbocycles. The number of anilines is 1. The topological polar surface area (TPSA) is 30.5 Å². The number of hydrogen-bond acceptors (Lipinski definition) is 3. The highest BCUT2D eigenvalue weighted by Crippen LogP contribution is 2.23. The predicted octanol–water partition coefficient (Wildman–Crippen LogP) is 3.59. The zero-order valence-electron chi connectivity index (χ0n) is 11.2. The van der Waals surface area contributed by atoms with Gasteiger partial charge in [0.15, 0.2) is 23.1 Å². The number of halogens is 2. The minimum absolute atomic E-state index is 0.170. The van der Waals surface area contributed by atoms with Gasteiger partial charge >= 0.3 is 0 Å². The molecule has 106 valence electrons. The van der Waals surface area contributed by atoms with Gasteiger partial charge < -0.3 is 14.8 Å². The van der Waals surface area contributed by atoms with Gasteiger partial charge in [-0.25, -0.2) is 8.78 Å². The highest BCUT2D eigenvalue weighted by Gasteiger charge is 2.08. The summed E-state index contributed by atoms with van der Waals surface area (Å²) in [5.74, 6) is -0.534. The first-order chi connectivity index (χ1) is 9.65. The fourth-order valence-corrected chi connectivity index (χ4v) is 1.82. The summed E-state index contributed by atoms with van der Waals surface area (Å²) in [6.07, 6.45) is 0. The lowest BCUT2D eigenvalue weighted by Gasteiger charge is -2.10. The van der Waals surface area contributed by atoms with Gasteiger partial charge in [-0.2, -0.15) is 0 Å². The van der Waals surface area contributed by atoms with Crippen molar-refractivity contribution in [3.63, 3.8) is 0 Å². The zero-order chi connectivity index (χ0) is 14.5. The molecule has 2 aromatic carbocycles. The van der Waals surface area contributed by atoms with Crippen LogP contribution in [0.5, 0.6) is 11.5 Å². The number of hydrogen-bond donors (Lipinski definition) is 1. The molecule has 20 heavy (non-hydrogen) atoms. The lowest BCUT2D eigenvalue weighted by molar-refractivity contribution is 0.384. The van der Waals surface area contributed by atoms with E-state index in [1.807, 2.05) is 0 Å². The fourth-order valence-electron chi connectivity index (χ4n) is 1.82. The van der Waals surface area contributed by atoms with Crippen molar-refractivity contribution in [2.45, 2.75) is 6.54 Å². The van der Waals surface area contributed by atoms with Gasteiger partial charge in [-0.05, 0) is 18.2 Å². The second-order valence-electron chi connectivity index (χ2n) is 4.14. The van der Waals surface area contributed by atoms with E-state index in [1.54, 1.807) is 24.3 Å². The molecule has 0 radical (unpaired) electrons. The van der Waals surface area contributed by atoms with Crippen LogP contribution in [0.15, 0.2) is 36.4 Å². The zero-order valence-corrected chi connectivity index (χ0v) is 11.2. The summed E-state index contributed by atoms with van der Waals surface area (Å²) in [4.78, 5) is 0. The first-order valence-corrected chi connectivity index (χ1v) is 6.04. The minimum Gasteiger partial charge on any atom is -0.494 e. The van der Waals surface area contributed by atoms with E-state index in [-0.39, 0.29) is 18.0 Å². The molecule has 0 unspecified atom stereocenters. The van der Waals surface area contributed by atoms with Crippen molar-refractivity contribution in [3.8, 4) is 11.5 Å². The van der Waals surface area contributed by atoms with Crippen LogP contribution in [0, 0.1) is 11.6 Å². The Morgan fingerprint density at radius 1 is 1.00 bits per heavy atom. The van der Waals surface area contributed by atoms with E-state index in [0.29, 0.717) is 11.3 Å². The fraction of sp³-hybridized carbons (Fsp3) is 0.200. The van der Waals surface area contributed by atoms with Crippen molar-refractivity contribution in [2.75, 3.05) is 19.5 Å². The predicted molar refractivity (Wildman–Crippen MR) is 73.2 cm³/mol. The van der Waals surface area contributed by atoms with E-state index in [9.17, 15) is 8.78 Å². The number of rotatable bonds is 5. The average molecular weight is 279 g/mol. The molecular weight excluding hydrogens is 264 g/mol. The van der Waals surface area contributed by atoms with Crippen molar-refractivity contribution in [3.05, 3.63) is 53.6 Å². The highest BCUT2D eigenvalue weighted by atomic mass is 19.1. The van der Waals surface area contributed by atoms with Crippen molar-refractivity contribution >= 4 is 5.69 Å². The van der Waals surface area contributed by atoms with Gasteiger partial charge in [0.2, 0.25) is 0 Å². The lowest BCUT2D eigenvalue weighted by atomic mass is 10.2. The largest absolute Gasteiger partial charge is 0.494 e. The molecule has 0 spiro atoms. The molecule has 0 heterocycles. The molecule has 0 bridgehead atoms. The Kier molecular flexibility index (Phi) is 4.40. The number of nitrogens with one attached hydrogen (secondary N) is 1.